The lowest BCUT2D eigenvalue weighted by Gasteiger charge is -2.31. The Balaban J connectivity index is 2.88. The molecule has 0 aromatic heterocycles. The van der Waals surface area contributed by atoms with Gasteiger partial charge in [-0.15, -0.1) is 0 Å². The molecule has 0 saturated carbocycles. The monoisotopic (exact) mass is 232 g/mol. The maximum Gasteiger partial charge on any atom is 0.455 e. The molecule has 1 atom stereocenters. The van der Waals surface area contributed by atoms with Crippen LogP contribution < -0.4 is 10.6 Å². The van der Waals surface area contributed by atoms with E-state index in [9.17, 15) is 31.5 Å². The number of rotatable bonds is 1. The molecule has 1 fully saturated rings. The Bertz CT molecular complexity index is 284. The van der Waals surface area contributed by atoms with Gasteiger partial charge >= 0.3 is 18.1 Å². The number of carbonyl (C=O) groups excluding carboxylic acids is 2. The zero-order chi connectivity index (χ0) is 11.9. The van der Waals surface area contributed by atoms with Crippen LogP contribution in [-0.2, 0) is 4.79 Å². The van der Waals surface area contributed by atoms with Gasteiger partial charge in [-0.05, 0) is 0 Å². The van der Waals surface area contributed by atoms with Crippen molar-refractivity contribution in [1.82, 2.24) is 10.6 Å². The second-order valence-electron chi connectivity index (χ2n) is 2.90. The highest BCUT2D eigenvalue weighted by Crippen LogP contribution is 2.39. The third kappa shape index (κ3) is 2.16. The third-order valence-electron chi connectivity index (χ3n) is 1.76. The summed E-state index contributed by atoms with van der Waals surface area (Å²) in [5.41, 5.74) is 0. The molecule has 4 nitrogen and oxygen atoms in total. The van der Waals surface area contributed by atoms with Crippen LogP contribution in [0.3, 0.4) is 0 Å². The van der Waals surface area contributed by atoms with Gasteiger partial charge in [-0.1, -0.05) is 0 Å². The van der Waals surface area contributed by atoms with E-state index in [1.165, 1.54) is 5.32 Å². The maximum atomic E-state index is 12.6. The van der Waals surface area contributed by atoms with Crippen LogP contribution in [0.5, 0.6) is 0 Å². The molecule has 1 heterocycles. The van der Waals surface area contributed by atoms with Crippen molar-refractivity contribution in [2.24, 2.45) is 0 Å². The molecule has 0 radical (unpaired) electrons. The first-order valence-corrected chi connectivity index (χ1v) is 3.69. The average Bonchev–Trinajstić information content (AvgIpc) is 1.99. The van der Waals surface area contributed by atoms with E-state index >= 15 is 0 Å². The number of imide groups is 1. The van der Waals surface area contributed by atoms with Gasteiger partial charge in [0, 0.05) is 0 Å². The lowest BCUT2D eigenvalue weighted by molar-refractivity contribution is -0.292. The highest BCUT2D eigenvalue weighted by molar-refractivity contribution is 5.97. The van der Waals surface area contributed by atoms with E-state index < -0.39 is 36.5 Å². The Labute approximate surface area is 79.8 Å². The number of hydrogen-bond donors (Lipinski definition) is 2. The molecule has 15 heavy (non-hydrogen) atoms. The minimum absolute atomic E-state index is 1.11. The van der Waals surface area contributed by atoms with Crippen LogP contribution in [0.4, 0.5) is 26.7 Å². The highest BCUT2D eigenvalue weighted by atomic mass is 19.4. The fourth-order valence-electron chi connectivity index (χ4n) is 1.02. The van der Waals surface area contributed by atoms with Crippen LogP contribution in [0.25, 0.3) is 0 Å². The molecule has 0 aromatic rings. The average molecular weight is 232 g/mol. The summed E-state index contributed by atoms with van der Waals surface area (Å²) < 4.78 is 60.8. The van der Waals surface area contributed by atoms with E-state index in [4.69, 9.17) is 0 Å². The zero-order valence-electron chi connectivity index (χ0n) is 6.99. The van der Waals surface area contributed by atoms with E-state index in [0.717, 1.165) is 0 Å². The summed E-state index contributed by atoms with van der Waals surface area (Å²) in [5.74, 6) is -6.30. The van der Waals surface area contributed by atoms with Crippen molar-refractivity contribution in [3.63, 3.8) is 0 Å². The minimum atomic E-state index is -5.80. The summed E-state index contributed by atoms with van der Waals surface area (Å²) in [4.78, 5) is 21.1. The largest absolute Gasteiger partial charge is 0.455 e. The topological polar surface area (TPSA) is 58.2 Å². The molecule has 86 valence electrons. The number of alkyl halides is 5. The van der Waals surface area contributed by atoms with Crippen LogP contribution in [0.2, 0.25) is 0 Å². The van der Waals surface area contributed by atoms with Gasteiger partial charge in [0.25, 0.3) is 0 Å². The molecule has 1 saturated heterocycles. The molecular weight excluding hydrogens is 227 g/mol. The Morgan fingerprint density at radius 1 is 1.13 bits per heavy atom. The second kappa shape index (κ2) is 3.31. The van der Waals surface area contributed by atoms with Gasteiger partial charge in [-0.25, -0.2) is 4.79 Å². The van der Waals surface area contributed by atoms with Gasteiger partial charge in [0.1, 0.15) is 6.04 Å². The maximum absolute atomic E-state index is 12.6. The number of amides is 3. The van der Waals surface area contributed by atoms with Crippen molar-refractivity contribution >= 4 is 11.9 Å². The molecule has 9 heteroatoms. The molecule has 1 unspecified atom stereocenters. The Morgan fingerprint density at radius 3 is 2.07 bits per heavy atom. The van der Waals surface area contributed by atoms with Crippen molar-refractivity contribution in [3.05, 3.63) is 0 Å². The summed E-state index contributed by atoms with van der Waals surface area (Å²) in [6.45, 7) is 0. The molecule has 0 spiro atoms. The van der Waals surface area contributed by atoms with Crippen molar-refractivity contribution in [3.8, 4) is 0 Å². The van der Waals surface area contributed by atoms with Crippen molar-refractivity contribution < 1.29 is 31.5 Å². The number of carbonyl (C=O) groups is 2. The fraction of sp³-hybridized carbons (Fsp3) is 0.667. The highest BCUT2D eigenvalue weighted by Gasteiger charge is 2.63. The van der Waals surface area contributed by atoms with Crippen LogP contribution in [0, 0.1) is 0 Å². The summed E-state index contributed by atoms with van der Waals surface area (Å²) in [5, 5.41) is 2.90. The lowest BCUT2D eigenvalue weighted by Crippen LogP contribution is -2.62. The summed E-state index contributed by atoms with van der Waals surface area (Å²) in [6, 6.07) is -3.92. The molecule has 0 aromatic carbocycles. The van der Waals surface area contributed by atoms with Crippen molar-refractivity contribution in [2.75, 3.05) is 0 Å². The molecule has 1 aliphatic heterocycles. The molecule has 1 rings (SSSR count). The number of hydrogen-bond acceptors (Lipinski definition) is 2. The van der Waals surface area contributed by atoms with Gasteiger partial charge in [0.2, 0.25) is 5.91 Å². The standard InChI is InChI=1S/C6H5F5N2O2/c7-5(8,6(9,10)11)2-1-3(14)13-4(15)12-2/h2H,1H2,(H2,12,13,14,15). The molecule has 0 bridgehead atoms. The van der Waals surface area contributed by atoms with E-state index in [0.29, 0.717) is 0 Å². The van der Waals surface area contributed by atoms with Gasteiger partial charge in [-0.2, -0.15) is 22.0 Å². The molecule has 3 amide bonds. The minimum Gasteiger partial charge on any atom is -0.328 e. The first-order chi connectivity index (χ1) is 6.64. The van der Waals surface area contributed by atoms with Crippen LogP contribution in [0.15, 0.2) is 0 Å². The molecule has 0 aliphatic carbocycles. The summed E-state index contributed by atoms with van der Waals surface area (Å²) in [6.07, 6.45) is -6.92. The molecule has 1 aliphatic rings. The fourth-order valence-corrected chi connectivity index (χ4v) is 1.02. The van der Waals surface area contributed by atoms with Crippen LogP contribution in [0.1, 0.15) is 6.42 Å². The first kappa shape index (κ1) is 11.7. The predicted molar refractivity (Wildman–Crippen MR) is 36.1 cm³/mol. The predicted octanol–water partition coefficient (Wildman–Crippen LogP) is 0.782. The van der Waals surface area contributed by atoms with E-state index in [-0.39, 0.29) is 0 Å². The number of urea groups is 1. The van der Waals surface area contributed by atoms with Crippen molar-refractivity contribution in [2.45, 2.75) is 24.6 Å². The first-order valence-electron chi connectivity index (χ1n) is 3.69. The Morgan fingerprint density at radius 2 is 1.67 bits per heavy atom. The van der Waals surface area contributed by atoms with E-state index in [2.05, 4.69) is 0 Å². The van der Waals surface area contributed by atoms with Gasteiger partial charge in [0.15, 0.2) is 0 Å². The normalized spacial score (nSPS) is 23.4. The van der Waals surface area contributed by atoms with Crippen molar-refractivity contribution in [1.29, 1.82) is 0 Å². The third-order valence-corrected chi connectivity index (χ3v) is 1.76. The second-order valence-corrected chi connectivity index (χ2v) is 2.90. The summed E-state index contributed by atoms with van der Waals surface area (Å²) in [7, 11) is 0. The Kier molecular flexibility index (Phi) is 2.58. The molecule has 2 N–H and O–H groups in total. The van der Waals surface area contributed by atoms with Crippen LogP contribution >= 0.6 is 0 Å². The smallest absolute Gasteiger partial charge is 0.328 e. The quantitative estimate of drug-likeness (QED) is 0.656. The number of nitrogens with one attached hydrogen (secondary N) is 2. The summed E-state index contributed by atoms with van der Waals surface area (Å²) >= 11 is 0. The van der Waals surface area contributed by atoms with Crippen LogP contribution in [-0.4, -0.2) is 30.1 Å². The van der Waals surface area contributed by atoms with Gasteiger partial charge in [0.05, 0.1) is 6.42 Å². The Hall–Kier alpha value is -1.41. The van der Waals surface area contributed by atoms with Gasteiger partial charge < -0.3 is 5.32 Å². The lowest BCUT2D eigenvalue weighted by atomic mass is 10.0. The van der Waals surface area contributed by atoms with Gasteiger partial charge in [-0.3, -0.25) is 10.1 Å². The SMILES string of the molecule is O=C1CC(C(F)(F)C(F)(F)F)NC(=O)N1. The molecular formula is C6H5F5N2O2. The van der Waals surface area contributed by atoms with E-state index in [1.54, 1.807) is 5.32 Å². The zero-order valence-corrected chi connectivity index (χ0v) is 6.99. The van der Waals surface area contributed by atoms with E-state index in [1.807, 2.05) is 0 Å². The number of halogens is 5.